The summed E-state index contributed by atoms with van der Waals surface area (Å²) in [5.41, 5.74) is 2.01. The molecule has 2 aromatic rings. The maximum absolute atomic E-state index is 12.0. The first kappa shape index (κ1) is 17.1. The molecule has 0 aromatic heterocycles. The summed E-state index contributed by atoms with van der Waals surface area (Å²) in [4.78, 5) is 33.8. The molecular weight excluding hydrogens is 310 g/mol. The second-order valence-electron chi connectivity index (χ2n) is 5.25. The molecule has 124 valence electrons. The zero-order valence-electron chi connectivity index (χ0n) is 13.3. The molecule has 7 heteroatoms. The Morgan fingerprint density at radius 1 is 1.17 bits per heavy atom. The molecule has 24 heavy (non-hydrogen) atoms. The molecule has 0 atom stereocenters. The molecule has 0 heterocycles. The first-order chi connectivity index (χ1) is 11.4. The fourth-order valence-corrected chi connectivity index (χ4v) is 2.21. The van der Waals surface area contributed by atoms with Crippen molar-refractivity contribution < 1.29 is 14.5 Å². The topological polar surface area (TPSA) is 101 Å². The van der Waals surface area contributed by atoms with Gasteiger partial charge in [0.15, 0.2) is 5.78 Å². The average Bonchev–Trinajstić information content (AvgIpc) is 2.53. The largest absolute Gasteiger partial charge is 0.376 e. The van der Waals surface area contributed by atoms with E-state index in [1.54, 1.807) is 43.3 Å². The maximum Gasteiger partial charge on any atom is 0.274 e. The van der Waals surface area contributed by atoms with E-state index in [1.165, 1.54) is 13.0 Å². The van der Waals surface area contributed by atoms with Crippen molar-refractivity contribution in [2.75, 3.05) is 17.2 Å². The van der Waals surface area contributed by atoms with Crippen molar-refractivity contribution in [1.29, 1.82) is 0 Å². The van der Waals surface area contributed by atoms with Crippen molar-refractivity contribution in [3.63, 3.8) is 0 Å². The van der Waals surface area contributed by atoms with Crippen molar-refractivity contribution in [2.45, 2.75) is 13.8 Å². The van der Waals surface area contributed by atoms with Crippen molar-refractivity contribution >= 4 is 28.8 Å². The summed E-state index contributed by atoms with van der Waals surface area (Å²) in [5, 5.41) is 16.5. The van der Waals surface area contributed by atoms with Gasteiger partial charge in [0.2, 0.25) is 5.91 Å². The molecule has 1 amide bonds. The van der Waals surface area contributed by atoms with Crippen molar-refractivity contribution in [3.05, 3.63) is 63.7 Å². The Morgan fingerprint density at radius 3 is 2.54 bits per heavy atom. The van der Waals surface area contributed by atoms with Crippen molar-refractivity contribution in [2.24, 2.45) is 0 Å². The van der Waals surface area contributed by atoms with Gasteiger partial charge >= 0.3 is 0 Å². The summed E-state index contributed by atoms with van der Waals surface area (Å²) in [6.07, 6.45) is 0. The van der Waals surface area contributed by atoms with Gasteiger partial charge in [-0.15, -0.1) is 0 Å². The van der Waals surface area contributed by atoms with Crippen LogP contribution in [0, 0.1) is 17.0 Å². The second-order valence-corrected chi connectivity index (χ2v) is 5.25. The zero-order chi connectivity index (χ0) is 17.7. The van der Waals surface area contributed by atoms with Crippen LogP contribution in [-0.4, -0.2) is 23.2 Å². The van der Waals surface area contributed by atoms with Gasteiger partial charge in [-0.2, -0.15) is 0 Å². The number of carbonyl (C=O) groups excluding carboxylic acids is 2. The van der Waals surface area contributed by atoms with Gasteiger partial charge in [0.05, 0.1) is 11.5 Å². The van der Waals surface area contributed by atoms with E-state index in [-0.39, 0.29) is 23.9 Å². The van der Waals surface area contributed by atoms with E-state index >= 15 is 0 Å². The first-order valence-corrected chi connectivity index (χ1v) is 7.27. The number of carbonyl (C=O) groups is 2. The van der Waals surface area contributed by atoms with E-state index in [0.717, 1.165) is 0 Å². The van der Waals surface area contributed by atoms with Crippen LogP contribution in [0.1, 0.15) is 22.8 Å². The molecule has 0 spiro atoms. The van der Waals surface area contributed by atoms with Gasteiger partial charge in [0.25, 0.3) is 5.69 Å². The molecule has 2 rings (SSSR count). The van der Waals surface area contributed by atoms with Crippen LogP contribution in [0.2, 0.25) is 0 Å². The molecular formula is C17H17N3O4. The predicted octanol–water partition coefficient (Wildman–Crippen LogP) is 3.16. The fourth-order valence-electron chi connectivity index (χ4n) is 2.21. The number of benzene rings is 2. The van der Waals surface area contributed by atoms with Gasteiger partial charge < -0.3 is 10.6 Å². The number of amides is 1. The summed E-state index contributed by atoms with van der Waals surface area (Å²) < 4.78 is 0. The second kappa shape index (κ2) is 7.36. The normalized spacial score (nSPS) is 10.1. The van der Waals surface area contributed by atoms with Crippen LogP contribution in [0.4, 0.5) is 17.1 Å². The third-order valence-electron chi connectivity index (χ3n) is 3.49. The summed E-state index contributed by atoms with van der Waals surface area (Å²) >= 11 is 0. The lowest BCUT2D eigenvalue weighted by atomic mass is 10.1. The monoisotopic (exact) mass is 327 g/mol. The SMILES string of the molecule is CC(=O)c1cccc(NC(=O)CNc2cccc([N+](=O)[O-])c2C)c1. The van der Waals surface area contributed by atoms with E-state index in [4.69, 9.17) is 0 Å². The molecule has 0 aliphatic heterocycles. The van der Waals surface area contributed by atoms with E-state index in [1.807, 2.05) is 0 Å². The number of nitro groups is 1. The molecule has 0 saturated heterocycles. The number of hydrogen-bond donors (Lipinski definition) is 2. The number of Topliss-reactive ketones (excluding diaryl/α,β-unsaturated/α-hetero) is 1. The quantitative estimate of drug-likeness (QED) is 0.482. The van der Waals surface area contributed by atoms with Crippen LogP contribution >= 0.6 is 0 Å². The van der Waals surface area contributed by atoms with Gasteiger partial charge in [0.1, 0.15) is 0 Å². The standard InChI is InChI=1S/C17H17N3O4/c1-11-15(7-4-8-16(11)20(23)24)18-10-17(22)19-14-6-3-5-13(9-14)12(2)21/h3-9,18H,10H2,1-2H3,(H,19,22). The molecule has 2 aromatic carbocycles. The van der Waals surface area contributed by atoms with Crippen LogP contribution in [0.5, 0.6) is 0 Å². The Bertz CT molecular complexity index is 802. The lowest BCUT2D eigenvalue weighted by Gasteiger charge is -2.10. The predicted molar refractivity (Wildman–Crippen MR) is 91.4 cm³/mol. The van der Waals surface area contributed by atoms with Crippen LogP contribution in [0.3, 0.4) is 0 Å². The number of anilines is 2. The number of rotatable bonds is 6. The van der Waals surface area contributed by atoms with Gasteiger partial charge in [-0.25, -0.2) is 0 Å². The molecule has 0 saturated carbocycles. The van der Waals surface area contributed by atoms with E-state index in [2.05, 4.69) is 10.6 Å². The summed E-state index contributed by atoms with van der Waals surface area (Å²) in [6.45, 7) is 3.02. The first-order valence-electron chi connectivity index (χ1n) is 7.27. The van der Waals surface area contributed by atoms with Crippen LogP contribution < -0.4 is 10.6 Å². The summed E-state index contributed by atoms with van der Waals surface area (Å²) in [5.74, 6) is -0.405. The smallest absolute Gasteiger partial charge is 0.274 e. The average molecular weight is 327 g/mol. The molecule has 0 fully saturated rings. The van der Waals surface area contributed by atoms with E-state index in [9.17, 15) is 19.7 Å². The van der Waals surface area contributed by atoms with Gasteiger partial charge in [0, 0.05) is 28.6 Å². The molecule has 0 bridgehead atoms. The minimum absolute atomic E-state index is 0.00503. The third kappa shape index (κ3) is 4.16. The van der Waals surface area contributed by atoms with E-state index < -0.39 is 4.92 Å². The van der Waals surface area contributed by atoms with Crippen LogP contribution in [0.25, 0.3) is 0 Å². The molecule has 2 N–H and O–H groups in total. The van der Waals surface area contributed by atoms with Crippen LogP contribution in [-0.2, 0) is 4.79 Å². The minimum Gasteiger partial charge on any atom is -0.376 e. The Hall–Kier alpha value is -3.22. The Morgan fingerprint density at radius 2 is 1.88 bits per heavy atom. The summed E-state index contributed by atoms with van der Waals surface area (Å²) in [7, 11) is 0. The number of ketones is 1. The highest BCUT2D eigenvalue weighted by Crippen LogP contribution is 2.24. The third-order valence-corrected chi connectivity index (χ3v) is 3.49. The molecule has 0 unspecified atom stereocenters. The molecule has 7 nitrogen and oxygen atoms in total. The van der Waals surface area contributed by atoms with Crippen LogP contribution in [0.15, 0.2) is 42.5 Å². The van der Waals surface area contributed by atoms with Gasteiger partial charge in [-0.05, 0) is 32.0 Å². The highest BCUT2D eigenvalue weighted by atomic mass is 16.6. The fraction of sp³-hybridized carbons (Fsp3) is 0.176. The molecule has 0 aliphatic carbocycles. The number of nitrogens with zero attached hydrogens (tertiary/aromatic N) is 1. The number of nitro benzene ring substituents is 1. The Balaban J connectivity index is 2.01. The Labute approximate surface area is 138 Å². The lowest BCUT2D eigenvalue weighted by molar-refractivity contribution is -0.385. The number of hydrogen-bond acceptors (Lipinski definition) is 5. The van der Waals surface area contributed by atoms with Crippen molar-refractivity contribution in [3.8, 4) is 0 Å². The molecule has 0 aliphatic rings. The highest BCUT2D eigenvalue weighted by Gasteiger charge is 2.13. The van der Waals surface area contributed by atoms with Gasteiger partial charge in [-0.3, -0.25) is 19.7 Å². The number of nitrogens with one attached hydrogen (secondary N) is 2. The highest BCUT2D eigenvalue weighted by molar-refractivity contribution is 5.98. The zero-order valence-corrected chi connectivity index (χ0v) is 13.3. The van der Waals surface area contributed by atoms with E-state index in [0.29, 0.717) is 22.5 Å². The Kier molecular flexibility index (Phi) is 5.26. The lowest BCUT2D eigenvalue weighted by Crippen LogP contribution is -2.22. The summed E-state index contributed by atoms with van der Waals surface area (Å²) in [6, 6.07) is 11.3. The minimum atomic E-state index is -0.464. The van der Waals surface area contributed by atoms with Gasteiger partial charge in [-0.1, -0.05) is 18.2 Å². The molecule has 0 radical (unpaired) electrons. The maximum atomic E-state index is 12.0. The van der Waals surface area contributed by atoms with Crippen molar-refractivity contribution in [1.82, 2.24) is 0 Å².